The van der Waals surface area contributed by atoms with E-state index < -0.39 is 17.3 Å². The normalized spacial score (nSPS) is 22.2. The highest BCUT2D eigenvalue weighted by atomic mass is 19.4. The van der Waals surface area contributed by atoms with E-state index in [-0.39, 0.29) is 29.8 Å². The number of methoxy groups -OCH3 is 1. The molecule has 8 heteroatoms. The van der Waals surface area contributed by atoms with Gasteiger partial charge in [0.25, 0.3) is 0 Å². The summed E-state index contributed by atoms with van der Waals surface area (Å²) in [4.78, 5) is 17.0. The number of esters is 1. The van der Waals surface area contributed by atoms with Crippen LogP contribution in [-0.2, 0) is 27.0 Å². The Morgan fingerprint density at radius 1 is 1.03 bits per heavy atom. The summed E-state index contributed by atoms with van der Waals surface area (Å²) in [5, 5.41) is 0. The first kappa shape index (κ1) is 29.4. The van der Waals surface area contributed by atoms with Crippen LogP contribution in [0.2, 0.25) is 0 Å². The molecule has 39 heavy (non-hydrogen) atoms. The Bertz CT molecular complexity index is 1110. The van der Waals surface area contributed by atoms with Gasteiger partial charge in [-0.3, -0.25) is 9.69 Å². The number of nitrogens with zero attached hydrogens (tertiary/aromatic N) is 2. The summed E-state index contributed by atoms with van der Waals surface area (Å²) in [6.07, 6.45) is -3.39. The van der Waals surface area contributed by atoms with Gasteiger partial charge in [0.2, 0.25) is 0 Å². The van der Waals surface area contributed by atoms with Crippen LogP contribution in [0.25, 0.3) is 0 Å². The van der Waals surface area contributed by atoms with Gasteiger partial charge in [0, 0.05) is 57.4 Å². The van der Waals surface area contributed by atoms with Crippen molar-refractivity contribution in [1.82, 2.24) is 4.90 Å². The summed E-state index contributed by atoms with van der Waals surface area (Å²) in [6, 6.07) is 14.4. The van der Waals surface area contributed by atoms with E-state index in [0.717, 1.165) is 25.2 Å². The highest BCUT2D eigenvalue weighted by Crippen LogP contribution is 2.43. The summed E-state index contributed by atoms with van der Waals surface area (Å²) in [5.74, 6) is -0.324. The molecule has 0 aromatic heterocycles. The van der Waals surface area contributed by atoms with E-state index in [2.05, 4.69) is 17.0 Å². The third kappa shape index (κ3) is 7.34. The topological polar surface area (TPSA) is 42.0 Å². The van der Waals surface area contributed by atoms with Crippen molar-refractivity contribution in [3.8, 4) is 0 Å². The largest absolute Gasteiger partial charge is 0.460 e. The van der Waals surface area contributed by atoms with Crippen molar-refractivity contribution in [2.24, 2.45) is 11.8 Å². The highest BCUT2D eigenvalue weighted by Gasteiger charge is 2.41. The molecule has 0 radical (unpaired) electrons. The van der Waals surface area contributed by atoms with Crippen LogP contribution in [0, 0.1) is 11.8 Å². The monoisotopic (exact) mass is 546 g/mol. The van der Waals surface area contributed by atoms with Crippen molar-refractivity contribution >= 4 is 11.7 Å². The molecule has 5 nitrogen and oxygen atoms in total. The van der Waals surface area contributed by atoms with Crippen LogP contribution < -0.4 is 4.90 Å². The van der Waals surface area contributed by atoms with Gasteiger partial charge in [0.05, 0.1) is 17.6 Å². The molecule has 2 saturated heterocycles. The van der Waals surface area contributed by atoms with E-state index in [0.29, 0.717) is 31.6 Å². The molecule has 2 aliphatic heterocycles. The zero-order valence-electron chi connectivity index (χ0n) is 23.6. The lowest BCUT2D eigenvalue weighted by Crippen LogP contribution is -2.39. The summed E-state index contributed by atoms with van der Waals surface area (Å²) >= 11 is 0. The third-order valence-electron chi connectivity index (χ3n) is 8.00. The zero-order valence-corrected chi connectivity index (χ0v) is 23.6. The SMILES string of the molecule is COC(C)C1CN(Cc2ccccc2)CC1c1ccc(C(F)(F)F)cc1N1CCC(C(=O)OC(C)(C)C)CC1. The lowest BCUT2D eigenvalue weighted by atomic mass is 9.83. The molecule has 0 spiro atoms. The number of hydrogen-bond donors (Lipinski definition) is 0. The molecule has 3 atom stereocenters. The molecule has 0 saturated carbocycles. The number of rotatable bonds is 7. The second-order valence-electron chi connectivity index (χ2n) is 12.0. The van der Waals surface area contributed by atoms with Crippen molar-refractivity contribution < 1.29 is 27.4 Å². The number of halogens is 3. The second-order valence-corrected chi connectivity index (χ2v) is 12.0. The number of carbonyl (C=O) groups excluding carboxylic acids is 1. The predicted molar refractivity (Wildman–Crippen MR) is 147 cm³/mol. The van der Waals surface area contributed by atoms with Crippen molar-refractivity contribution in [1.29, 1.82) is 0 Å². The van der Waals surface area contributed by atoms with Gasteiger partial charge in [0.15, 0.2) is 0 Å². The number of anilines is 1. The molecule has 2 fully saturated rings. The summed E-state index contributed by atoms with van der Waals surface area (Å²) in [6.45, 7) is 10.9. The fourth-order valence-electron chi connectivity index (χ4n) is 5.91. The number of likely N-dealkylation sites (tertiary alicyclic amines) is 1. The van der Waals surface area contributed by atoms with E-state index in [1.165, 1.54) is 17.7 Å². The summed E-state index contributed by atoms with van der Waals surface area (Å²) in [5.41, 5.74) is 1.53. The molecule has 2 aromatic rings. The summed E-state index contributed by atoms with van der Waals surface area (Å²) in [7, 11) is 1.69. The maximum atomic E-state index is 13.8. The number of ether oxygens (including phenoxy) is 2. The quantitative estimate of drug-likeness (QED) is 0.370. The predicted octanol–water partition coefficient (Wildman–Crippen LogP) is 6.51. The number of carbonyl (C=O) groups is 1. The molecule has 2 heterocycles. The van der Waals surface area contributed by atoms with Crippen LogP contribution in [0.3, 0.4) is 0 Å². The highest BCUT2D eigenvalue weighted by molar-refractivity contribution is 5.73. The van der Waals surface area contributed by atoms with Gasteiger partial charge in [-0.25, -0.2) is 0 Å². The van der Waals surface area contributed by atoms with Gasteiger partial charge in [-0.15, -0.1) is 0 Å². The van der Waals surface area contributed by atoms with Gasteiger partial charge < -0.3 is 14.4 Å². The van der Waals surface area contributed by atoms with Crippen molar-refractivity contribution in [2.75, 3.05) is 38.2 Å². The number of piperidine rings is 1. The van der Waals surface area contributed by atoms with E-state index in [9.17, 15) is 18.0 Å². The van der Waals surface area contributed by atoms with E-state index >= 15 is 0 Å². The Morgan fingerprint density at radius 3 is 2.28 bits per heavy atom. The minimum atomic E-state index is -4.43. The molecule has 0 N–H and O–H groups in total. The molecule has 0 bridgehead atoms. The zero-order chi connectivity index (χ0) is 28.4. The Kier molecular flexibility index (Phi) is 8.96. The number of hydrogen-bond acceptors (Lipinski definition) is 5. The Labute approximate surface area is 230 Å². The molecule has 3 unspecified atom stereocenters. The molecule has 2 aromatic carbocycles. The number of alkyl halides is 3. The van der Waals surface area contributed by atoms with Gasteiger partial charge in [-0.1, -0.05) is 36.4 Å². The van der Waals surface area contributed by atoms with Crippen LogP contribution >= 0.6 is 0 Å². The molecular weight excluding hydrogens is 505 g/mol. The standard InChI is InChI=1S/C31H41F3N2O3/c1-21(38-5)26-19-35(18-22-9-7-6-8-10-22)20-27(26)25-12-11-24(31(32,33)34)17-28(25)36-15-13-23(14-16-36)29(37)39-30(2,3)4/h6-12,17,21,23,26-27H,13-16,18-20H2,1-5H3. The first-order chi connectivity index (χ1) is 18.4. The summed E-state index contributed by atoms with van der Waals surface area (Å²) < 4.78 is 52.8. The smallest absolute Gasteiger partial charge is 0.416 e. The van der Waals surface area contributed by atoms with Crippen LogP contribution in [-0.4, -0.2) is 55.9 Å². The van der Waals surface area contributed by atoms with E-state index in [1.54, 1.807) is 13.2 Å². The third-order valence-corrected chi connectivity index (χ3v) is 8.00. The number of benzene rings is 2. The molecular formula is C31H41F3N2O3. The fourth-order valence-corrected chi connectivity index (χ4v) is 5.91. The molecule has 0 amide bonds. The first-order valence-electron chi connectivity index (χ1n) is 13.8. The Morgan fingerprint density at radius 2 is 1.69 bits per heavy atom. The Balaban J connectivity index is 1.61. The van der Waals surface area contributed by atoms with Crippen molar-refractivity contribution in [2.45, 2.75) is 70.9 Å². The average molecular weight is 547 g/mol. The van der Waals surface area contributed by atoms with Crippen LogP contribution in [0.15, 0.2) is 48.5 Å². The minimum absolute atomic E-state index is 0.0181. The van der Waals surface area contributed by atoms with Gasteiger partial charge >= 0.3 is 12.1 Å². The lowest BCUT2D eigenvalue weighted by molar-refractivity contribution is -0.160. The molecule has 0 aliphatic carbocycles. The molecule has 2 aliphatic rings. The first-order valence-corrected chi connectivity index (χ1v) is 13.8. The van der Waals surface area contributed by atoms with Crippen molar-refractivity contribution in [3.05, 3.63) is 65.2 Å². The van der Waals surface area contributed by atoms with Gasteiger partial charge in [0.1, 0.15) is 5.60 Å². The molecule has 4 rings (SSSR count). The van der Waals surface area contributed by atoms with Crippen molar-refractivity contribution in [3.63, 3.8) is 0 Å². The Hall–Kier alpha value is -2.58. The van der Waals surface area contributed by atoms with Gasteiger partial charge in [-0.05, 0) is 63.8 Å². The van der Waals surface area contributed by atoms with Gasteiger partial charge in [-0.2, -0.15) is 13.2 Å². The van der Waals surface area contributed by atoms with Crippen LogP contribution in [0.4, 0.5) is 18.9 Å². The lowest BCUT2D eigenvalue weighted by Gasteiger charge is -2.37. The fraction of sp³-hybridized carbons (Fsp3) is 0.581. The second kappa shape index (κ2) is 11.9. The average Bonchev–Trinajstić information content (AvgIpc) is 3.30. The molecule has 214 valence electrons. The van der Waals surface area contributed by atoms with Crippen LogP contribution in [0.1, 0.15) is 63.1 Å². The maximum Gasteiger partial charge on any atom is 0.416 e. The minimum Gasteiger partial charge on any atom is -0.460 e. The van der Waals surface area contributed by atoms with E-state index in [4.69, 9.17) is 9.47 Å². The maximum absolute atomic E-state index is 13.8. The van der Waals surface area contributed by atoms with Crippen LogP contribution in [0.5, 0.6) is 0 Å². The van der Waals surface area contributed by atoms with E-state index in [1.807, 2.05) is 50.8 Å².